The molecule has 2 aromatic carbocycles. The van der Waals surface area contributed by atoms with Crippen LogP contribution in [0, 0.1) is 5.82 Å². The van der Waals surface area contributed by atoms with Crippen LogP contribution in [0.3, 0.4) is 0 Å². The van der Waals surface area contributed by atoms with Crippen LogP contribution in [-0.2, 0) is 27.2 Å². The number of nitrogens with zero attached hydrogens (tertiary/aromatic N) is 6. The van der Waals surface area contributed by atoms with E-state index in [9.17, 15) is 18.8 Å². The number of fused-ring (bicyclic) bond motifs is 6. The van der Waals surface area contributed by atoms with Crippen LogP contribution < -0.4 is 16.0 Å². The largest absolute Gasteiger partial charge is 0.453 e. The van der Waals surface area contributed by atoms with E-state index in [-0.39, 0.29) is 47.3 Å². The molecule has 3 aromatic heterocycles. The minimum Gasteiger partial charge on any atom is -0.453 e. The van der Waals surface area contributed by atoms with E-state index < -0.39 is 29.8 Å². The number of carbonyl (C=O) groups excluding carboxylic acids is 3. The van der Waals surface area contributed by atoms with Gasteiger partial charge in [0.1, 0.15) is 28.8 Å². The predicted molar refractivity (Wildman–Crippen MR) is 174 cm³/mol. The van der Waals surface area contributed by atoms with Crippen molar-refractivity contribution in [2.24, 2.45) is 0 Å². The number of aromatic amines is 1. The van der Waals surface area contributed by atoms with Crippen molar-refractivity contribution in [1.82, 2.24) is 40.5 Å². The summed E-state index contributed by atoms with van der Waals surface area (Å²) in [7, 11) is 1.22. The first-order valence-electron chi connectivity index (χ1n) is 14.4. The van der Waals surface area contributed by atoms with Crippen molar-refractivity contribution in [3.63, 3.8) is 0 Å². The van der Waals surface area contributed by atoms with Crippen molar-refractivity contribution in [3.8, 4) is 16.9 Å². The van der Waals surface area contributed by atoms with Crippen LogP contribution in [0.1, 0.15) is 35.2 Å². The maximum absolute atomic E-state index is 14.8. The van der Waals surface area contributed by atoms with E-state index in [4.69, 9.17) is 28.2 Å². The quantitative estimate of drug-likeness (QED) is 0.183. The lowest BCUT2D eigenvalue weighted by Gasteiger charge is -2.17. The molecule has 1 aliphatic rings. The number of methoxy groups -OCH3 is 1. The summed E-state index contributed by atoms with van der Waals surface area (Å²) in [5, 5.41) is 20.1. The molecular weight excluding hydrogens is 666 g/mol. The average molecular weight is 692 g/mol. The third kappa shape index (κ3) is 7.32. The summed E-state index contributed by atoms with van der Waals surface area (Å²) in [5.41, 5.74) is 2.99. The molecule has 4 N–H and O–H groups in total. The second kappa shape index (κ2) is 14.0. The molecule has 1 aliphatic heterocycles. The average Bonchev–Trinajstić information content (AvgIpc) is 3.74. The van der Waals surface area contributed by atoms with Gasteiger partial charge in [-0.25, -0.2) is 14.2 Å². The van der Waals surface area contributed by atoms with Gasteiger partial charge in [-0.2, -0.15) is 4.68 Å². The minimum absolute atomic E-state index is 0.00656. The number of tetrazole rings is 1. The molecule has 0 aliphatic carbocycles. The van der Waals surface area contributed by atoms with Gasteiger partial charge in [-0.15, -0.1) is 5.10 Å². The topological polar surface area (TPSA) is 182 Å². The van der Waals surface area contributed by atoms with Crippen LogP contribution in [0.5, 0.6) is 0 Å². The summed E-state index contributed by atoms with van der Waals surface area (Å²) >= 11 is 12.9. The number of anilines is 2. The summed E-state index contributed by atoms with van der Waals surface area (Å²) in [6.07, 6.45) is 3.60. The number of imidazole rings is 1. The number of ether oxygens (including phenoxy) is 1. The van der Waals surface area contributed by atoms with Crippen molar-refractivity contribution in [2.45, 2.75) is 25.3 Å². The molecule has 14 nitrogen and oxygen atoms in total. The zero-order chi connectivity index (χ0) is 33.8. The minimum atomic E-state index is -0.807. The monoisotopic (exact) mass is 690 g/mol. The summed E-state index contributed by atoms with van der Waals surface area (Å²) in [4.78, 5) is 50.4. The van der Waals surface area contributed by atoms with Gasteiger partial charge in [-0.3, -0.25) is 19.9 Å². The second-order valence-electron chi connectivity index (χ2n) is 10.5. The fourth-order valence-corrected chi connectivity index (χ4v) is 5.45. The molecule has 17 heteroatoms. The van der Waals surface area contributed by atoms with E-state index in [1.54, 1.807) is 36.4 Å². The molecule has 0 saturated carbocycles. The van der Waals surface area contributed by atoms with Crippen molar-refractivity contribution in [1.29, 1.82) is 0 Å². The third-order valence-corrected chi connectivity index (χ3v) is 7.79. The number of hydrogen-bond donors (Lipinski definition) is 4. The first-order valence-corrected chi connectivity index (χ1v) is 15.1. The van der Waals surface area contributed by atoms with Gasteiger partial charge in [0.15, 0.2) is 0 Å². The number of carbonyl (C=O) groups is 3. The van der Waals surface area contributed by atoms with Crippen LogP contribution >= 0.6 is 23.2 Å². The first kappa shape index (κ1) is 32.3. The lowest BCUT2D eigenvalue weighted by molar-refractivity contribution is -0.117. The van der Waals surface area contributed by atoms with Crippen LogP contribution in [0.25, 0.3) is 23.0 Å². The molecule has 48 heavy (non-hydrogen) atoms. The van der Waals surface area contributed by atoms with Crippen LogP contribution in [0.2, 0.25) is 10.2 Å². The normalized spacial score (nSPS) is 14.5. The van der Waals surface area contributed by atoms with Crippen molar-refractivity contribution >= 4 is 58.6 Å². The van der Waals surface area contributed by atoms with Crippen LogP contribution in [0.15, 0.2) is 60.9 Å². The molecule has 0 radical (unpaired) electrons. The van der Waals surface area contributed by atoms with Gasteiger partial charge >= 0.3 is 6.09 Å². The molecule has 1 unspecified atom stereocenters. The SMILES string of the molecule is COC(=O)Nc1ccc2c(c1)NC(=O)CCc1nc(ccc1F)CC(NC(=O)/C=C/c1cc(Cl)ccc1-n1cnnn1)c1nc-2c(Cl)[nH]1. The number of H-pyrrole nitrogens is 1. The Labute approximate surface area is 281 Å². The Hall–Kier alpha value is -5.67. The van der Waals surface area contributed by atoms with Gasteiger partial charge in [0.25, 0.3) is 0 Å². The summed E-state index contributed by atoms with van der Waals surface area (Å²) in [5.74, 6) is -1.23. The molecule has 4 heterocycles. The van der Waals surface area contributed by atoms with E-state index >= 15 is 0 Å². The van der Waals surface area contributed by atoms with Crippen LogP contribution in [-0.4, -0.2) is 60.2 Å². The predicted octanol–water partition coefficient (Wildman–Crippen LogP) is 5.07. The lowest BCUT2D eigenvalue weighted by atomic mass is 10.1. The highest BCUT2D eigenvalue weighted by atomic mass is 35.5. The van der Waals surface area contributed by atoms with Crippen LogP contribution in [0.4, 0.5) is 20.6 Å². The lowest BCUT2D eigenvalue weighted by Crippen LogP contribution is -2.29. The number of hydrogen-bond acceptors (Lipinski definition) is 9. The highest BCUT2D eigenvalue weighted by Gasteiger charge is 2.24. The highest BCUT2D eigenvalue weighted by Crippen LogP contribution is 2.35. The number of benzene rings is 2. The molecule has 244 valence electrons. The zero-order valence-corrected chi connectivity index (χ0v) is 26.5. The fraction of sp³-hybridized carbons (Fsp3) is 0.161. The van der Waals surface area contributed by atoms with Gasteiger partial charge in [0.05, 0.1) is 30.2 Å². The Bertz CT molecular complexity index is 2050. The Morgan fingerprint density at radius 2 is 1.96 bits per heavy atom. The maximum atomic E-state index is 14.8. The standard InChI is InChI=1S/C31H25Cl2FN10O4/c1-48-31(47)37-19-4-6-20-23(13-19)38-27(46)11-8-22-21(34)7-5-18(36-22)14-24(30-40-28(20)29(33)41-30)39-26(45)10-2-16-12-17(32)3-9-25(16)44-15-35-42-43-44/h2-7,9-10,12-13,15,24H,8,11,14H2,1H3,(H,37,47)(H,38,46)(H,39,45)(H,40,41)/b10-2+. The second-order valence-corrected chi connectivity index (χ2v) is 11.3. The van der Waals surface area contributed by atoms with E-state index in [1.807, 2.05) is 0 Å². The van der Waals surface area contributed by atoms with Crippen molar-refractivity contribution < 1.29 is 23.5 Å². The number of pyridine rings is 1. The zero-order valence-electron chi connectivity index (χ0n) is 25.0. The molecule has 4 bridgehead atoms. The summed E-state index contributed by atoms with van der Waals surface area (Å²) in [6, 6.07) is 11.7. The highest BCUT2D eigenvalue weighted by molar-refractivity contribution is 6.32. The molecular formula is C31H25Cl2FN10O4. The van der Waals surface area contributed by atoms with E-state index in [1.165, 1.54) is 42.4 Å². The number of aromatic nitrogens is 7. The summed E-state index contributed by atoms with van der Waals surface area (Å²) < 4.78 is 20.9. The number of aryl methyl sites for hydroxylation is 1. The van der Waals surface area contributed by atoms with E-state index in [0.717, 1.165) is 0 Å². The number of nitrogens with one attached hydrogen (secondary N) is 4. The molecule has 3 amide bonds. The first-order chi connectivity index (χ1) is 23.2. The maximum Gasteiger partial charge on any atom is 0.411 e. The number of amides is 3. The molecule has 0 fully saturated rings. The number of rotatable bonds is 5. The van der Waals surface area contributed by atoms with E-state index in [2.05, 4.69) is 46.2 Å². The van der Waals surface area contributed by atoms with Gasteiger partial charge < -0.3 is 20.4 Å². The Morgan fingerprint density at radius 3 is 2.75 bits per heavy atom. The van der Waals surface area contributed by atoms with Gasteiger partial charge in [0, 0.05) is 52.9 Å². The third-order valence-electron chi connectivity index (χ3n) is 7.28. The van der Waals surface area contributed by atoms with Crippen molar-refractivity contribution in [2.75, 3.05) is 17.7 Å². The summed E-state index contributed by atoms with van der Waals surface area (Å²) in [6.45, 7) is 0. The smallest absolute Gasteiger partial charge is 0.411 e. The van der Waals surface area contributed by atoms with Gasteiger partial charge in [-0.1, -0.05) is 23.2 Å². The fourth-order valence-electron chi connectivity index (χ4n) is 5.03. The molecule has 0 saturated heterocycles. The number of halogens is 3. The molecule has 6 rings (SSSR count). The van der Waals surface area contributed by atoms with Gasteiger partial charge in [-0.05, 0) is 65.0 Å². The molecule has 1 atom stereocenters. The van der Waals surface area contributed by atoms with E-state index in [0.29, 0.717) is 33.2 Å². The molecule has 5 aromatic rings. The van der Waals surface area contributed by atoms with Crippen molar-refractivity contribution in [3.05, 3.63) is 99.7 Å². The molecule has 0 spiro atoms. The Balaban J connectivity index is 1.37. The van der Waals surface area contributed by atoms with Gasteiger partial charge in [0.2, 0.25) is 11.8 Å². The Morgan fingerprint density at radius 1 is 1.10 bits per heavy atom. The Kier molecular flexibility index (Phi) is 9.40.